The van der Waals surface area contributed by atoms with Crippen molar-refractivity contribution in [1.29, 1.82) is 0 Å². The molecule has 3 nitrogen and oxygen atoms in total. The van der Waals surface area contributed by atoms with Gasteiger partial charge in [-0.3, -0.25) is 4.90 Å². The molecule has 0 unspecified atom stereocenters. The van der Waals surface area contributed by atoms with E-state index in [1.807, 2.05) is 18.4 Å². The molecule has 0 bridgehead atoms. The molecule has 2 aromatic rings. The highest BCUT2D eigenvalue weighted by Crippen LogP contribution is 2.32. The molecule has 2 rings (SSSR count). The highest BCUT2D eigenvalue weighted by atomic mass is 32.1. The SMILES string of the molecule is CNCc1sc2ccccc2c1CN(CCOC)C(C)C. The monoisotopic (exact) mass is 306 g/mol. The van der Waals surface area contributed by atoms with Crippen LogP contribution in [0.4, 0.5) is 0 Å². The summed E-state index contributed by atoms with van der Waals surface area (Å²) in [7, 11) is 3.78. The maximum Gasteiger partial charge on any atom is 0.0589 e. The third kappa shape index (κ3) is 4.04. The van der Waals surface area contributed by atoms with Gasteiger partial charge >= 0.3 is 0 Å². The van der Waals surface area contributed by atoms with Gasteiger partial charge in [0, 0.05) is 42.4 Å². The number of benzene rings is 1. The van der Waals surface area contributed by atoms with E-state index in [1.54, 1.807) is 7.11 Å². The summed E-state index contributed by atoms with van der Waals surface area (Å²) < 4.78 is 6.64. The molecule has 0 aliphatic rings. The zero-order valence-electron chi connectivity index (χ0n) is 13.5. The van der Waals surface area contributed by atoms with Crippen molar-refractivity contribution in [1.82, 2.24) is 10.2 Å². The fraction of sp³-hybridized carbons (Fsp3) is 0.529. The lowest BCUT2D eigenvalue weighted by Gasteiger charge is -2.26. The van der Waals surface area contributed by atoms with Gasteiger partial charge in [-0.15, -0.1) is 11.3 Å². The van der Waals surface area contributed by atoms with Crippen molar-refractivity contribution in [2.75, 3.05) is 27.3 Å². The fourth-order valence-electron chi connectivity index (χ4n) is 2.56. The molecule has 21 heavy (non-hydrogen) atoms. The maximum atomic E-state index is 5.26. The molecule has 0 aliphatic carbocycles. The largest absolute Gasteiger partial charge is 0.383 e. The zero-order chi connectivity index (χ0) is 15.2. The van der Waals surface area contributed by atoms with Crippen LogP contribution < -0.4 is 5.32 Å². The van der Waals surface area contributed by atoms with Crippen LogP contribution in [0.3, 0.4) is 0 Å². The van der Waals surface area contributed by atoms with E-state index in [-0.39, 0.29) is 0 Å². The summed E-state index contributed by atoms with van der Waals surface area (Å²) >= 11 is 1.91. The second kappa shape index (κ2) is 7.90. The van der Waals surface area contributed by atoms with Crippen LogP contribution in [0.2, 0.25) is 0 Å². The molecule has 0 radical (unpaired) electrons. The Morgan fingerprint density at radius 3 is 2.71 bits per heavy atom. The van der Waals surface area contributed by atoms with Crippen molar-refractivity contribution >= 4 is 21.4 Å². The summed E-state index contributed by atoms with van der Waals surface area (Å²) in [6.07, 6.45) is 0. The Balaban J connectivity index is 2.31. The minimum Gasteiger partial charge on any atom is -0.383 e. The molecule has 4 heteroatoms. The van der Waals surface area contributed by atoms with E-state index in [9.17, 15) is 0 Å². The van der Waals surface area contributed by atoms with Gasteiger partial charge in [0.15, 0.2) is 0 Å². The van der Waals surface area contributed by atoms with E-state index in [4.69, 9.17) is 4.74 Å². The molecule has 0 saturated heterocycles. The predicted octanol–water partition coefficient (Wildman–Crippen LogP) is 3.48. The van der Waals surface area contributed by atoms with Crippen LogP contribution in [0.15, 0.2) is 24.3 Å². The van der Waals surface area contributed by atoms with Crippen molar-refractivity contribution in [2.45, 2.75) is 33.0 Å². The standard InChI is InChI=1S/C17H26N2OS/c1-13(2)19(9-10-20-4)12-15-14-7-5-6-8-16(14)21-17(15)11-18-3/h5-8,13,18H,9-12H2,1-4H3. The van der Waals surface area contributed by atoms with Gasteiger partial charge in [-0.2, -0.15) is 0 Å². The Hall–Kier alpha value is -0.940. The second-order valence-electron chi connectivity index (χ2n) is 5.59. The number of methoxy groups -OCH3 is 1. The molecule has 1 N–H and O–H groups in total. The van der Waals surface area contributed by atoms with Crippen molar-refractivity contribution < 1.29 is 4.74 Å². The average molecular weight is 306 g/mol. The van der Waals surface area contributed by atoms with Gasteiger partial charge in [0.25, 0.3) is 0 Å². The van der Waals surface area contributed by atoms with E-state index < -0.39 is 0 Å². The van der Waals surface area contributed by atoms with E-state index in [0.29, 0.717) is 6.04 Å². The summed E-state index contributed by atoms with van der Waals surface area (Å²) in [5.74, 6) is 0. The molecular weight excluding hydrogens is 280 g/mol. The highest BCUT2D eigenvalue weighted by molar-refractivity contribution is 7.19. The molecular formula is C17H26N2OS. The number of nitrogens with one attached hydrogen (secondary N) is 1. The first kappa shape index (κ1) is 16.4. The third-order valence-corrected chi connectivity index (χ3v) is 5.01. The van der Waals surface area contributed by atoms with E-state index in [0.717, 1.165) is 26.2 Å². The summed E-state index contributed by atoms with van der Waals surface area (Å²) in [6.45, 7) is 8.18. The van der Waals surface area contributed by atoms with Crippen molar-refractivity contribution in [2.24, 2.45) is 0 Å². The zero-order valence-corrected chi connectivity index (χ0v) is 14.3. The van der Waals surface area contributed by atoms with Gasteiger partial charge in [-0.25, -0.2) is 0 Å². The van der Waals surface area contributed by atoms with Gasteiger partial charge in [0.1, 0.15) is 0 Å². The van der Waals surface area contributed by atoms with Gasteiger partial charge in [0.05, 0.1) is 6.61 Å². The lowest BCUT2D eigenvalue weighted by molar-refractivity contribution is 0.125. The topological polar surface area (TPSA) is 24.5 Å². The van der Waals surface area contributed by atoms with Gasteiger partial charge < -0.3 is 10.1 Å². The summed E-state index contributed by atoms with van der Waals surface area (Å²) in [6, 6.07) is 9.24. The number of hydrogen-bond acceptors (Lipinski definition) is 4. The van der Waals surface area contributed by atoms with Crippen LogP contribution >= 0.6 is 11.3 Å². The summed E-state index contributed by atoms with van der Waals surface area (Å²) in [4.78, 5) is 3.93. The third-order valence-electron chi connectivity index (χ3n) is 3.79. The second-order valence-corrected chi connectivity index (χ2v) is 6.72. The number of ether oxygens (including phenoxy) is 1. The first-order valence-corrected chi connectivity index (χ1v) is 8.36. The molecule has 1 heterocycles. The predicted molar refractivity (Wildman–Crippen MR) is 92.0 cm³/mol. The maximum absolute atomic E-state index is 5.26. The number of hydrogen-bond donors (Lipinski definition) is 1. The lowest BCUT2D eigenvalue weighted by Crippen LogP contribution is -2.33. The Morgan fingerprint density at radius 1 is 1.29 bits per heavy atom. The van der Waals surface area contributed by atoms with Crippen LogP contribution in [0.25, 0.3) is 10.1 Å². The van der Waals surface area contributed by atoms with Gasteiger partial charge in [-0.1, -0.05) is 18.2 Å². The molecule has 116 valence electrons. The minimum absolute atomic E-state index is 0.515. The van der Waals surface area contributed by atoms with Crippen LogP contribution in [-0.2, 0) is 17.8 Å². The molecule has 0 amide bonds. The Bertz CT molecular complexity index is 565. The lowest BCUT2D eigenvalue weighted by atomic mass is 10.1. The molecule has 0 spiro atoms. The van der Waals surface area contributed by atoms with Crippen molar-refractivity contribution in [3.63, 3.8) is 0 Å². The molecule has 0 aliphatic heterocycles. The molecule has 0 saturated carbocycles. The molecule has 1 aromatic carbocycles. The van der Waals surface area contributed by atoms with Gasteiger partial charge in [0.2, 0.25) is 0 Å². The molecule has 0 fully saturated rings. The number of thiophene rings is 1. The first-order valence-electron chi connectivity index (χ1n) is 7.54. The van der Waals surface area contributed by atoms with Crippen LogP contribution in [0, 0.1) is 0 Å². The van der Waals surface area contributed by atoms with E-state index in [2.05, 4.69) is 48.3 Å². The molecule has 1 aromatic heterocycles. The first-order chi connectivity index (χ1) is 10.2. The number of nitrogens with zero attached hydrogens (tertiary/aromatic N) is 1. The van der Waals surface area contributed by atoms with Crippen molar-refractivity contribution in [3.8, 4) is 0 Å². The van der Waals surface area contributed by atoms with Crippen LogP contribution in [0.5, 0.6) is 0 Å². The smallest absolute Gasteiger partial charge is 0.0589 e. The van der Waals surface area contributed by atoms with Crippen LogP contribution in [-0.4, -0.2) is 38.3 Å². The van der Waals surface area contributed by atoms with Crippen LogP contribution in [0.1, 0.15) is 24.3 Å². The Labute approximate surface area is 131 Å². The fourth-order valence-corrected chi connectivity index (χ4v) is 3.79. The quantitative estimate of drug-likeness (QED) is 0.808. The van der Waals surface area contributed by atoms with Crippen molar-refractivity contribution in [3.05, 3.63) is 34.7 Å². The highest BCUT2D eigenvalue weighted by Gasteiger charge is 2.16. The number of rotatable bonds is 8. The minimum atomic E-state index is 0.515. The Kier molecular flexibility index (Phi) is 6.18. The van der Waals surface area contributed by atoms with E-state index >= 15 is 0 Å². The molecule has 0 atom stereocenters. The van der Waals surface area contributed by atoms with Gasteiger partial charge in [-0.05, 0) is 37.9 Å². The Morgan fingerprint density at radius 2 is 2.05 bits per heavy atom. The summed E-state index contributed by atoms with van der Waals surface area (Å²) in [5, 5.41) is 4.70. The summed E-state index contributed by atoms with van der Waals surface area (Å²) in [5.41, 5.74) is 1.47. The average Bonchev–Trinajstić information content (AvgIpc) is 2.81. The number of fused-ring (bicyclic) bond motifs is 1. The normalized spacial score (nSPS) is 11.9. The van der Waals surface area contributed by atoms with E-state index in [1.165, 1.54) is 20.5 Å².